The molecule has 0 spiro atoms. The standard InChI is InChI=1S/C16H17F3N4O2/c1-9-4-12(7-21-15(9)25-8-16(17,18)19)6-20-14(24)13-5-10(2)22-11(3)23-13/h4-5,7H,6,8H2,1-3H3,(H,20,24). The molecule has 2 heterocycles. The van der Waals surface area contributed by atoms with Crippen molar-refractivity contribution in [2.75, 3.05) is 6.61 Å². The van der Waals surface area contributed by atoms with Gasteiger partial charge < -0.3 is 10.1 Å². The highest BCUT2D eigenvalue weighted by Gasteiger charge is 2.29. The zero-order chi connectivity index (χ0) is 18.6. The minimum absolute atomic E-state index is 0.0885. The van der Waals surface area contributed by atoms with E-state index < -0.39 is 12.8 Å². The summed E-state index contributed by atoms with van der Waals surface area (Å²) in [5.74, 6) is 0.0342. The van der Waals surface area contributed by atoms with Gasteiger partial charge in [0, 0.05) is 24.0 Å². The van der Waals surface area contributed by atoms with Crippen molar-refractivity contribution in [1.82, 2.24) is 20.3 Å². The Labute approximate surface area is 142 Å². The van der Waals surface area contributed by atoms with E-state index in [4.69, 9.17) is 0 Å². The molecule has 25 heavy (non-hydrogen) atoms. The van der Waals surface area contributed by atoms with Crippen LogP contribution in [0.5, 0.6) is 5.88 Å². The second-order valence-corrected chi connectivity index (χ2v) is 5.49. The van der Waals surface area contributed by atoms with Gasteiger partial charge in [0.25, 0.3) is 5.91 Å². The number of alkyl halides is 3. The van der Waals surface area contributed by atoms with E-state index in [9.17, 15) is 18.0 Å². The van der Waals surface area contributed by atoms with E-state index in [1.54, 1.807) is 32.9 Å². The fourth-order valence-corrected chi connectivity index (χ4v) is 2.12. The molecule has 0 saturated heterocycles. The molecule has 9 heteroatoms. The first-order valence-corrected chi connectivity index (χ1v) is 7.39. The Morgan fingerprint density at radius 1 is 1.20 bits per heavy atom. The molecule has 0 atom stereocenters. The lowest BCUT2D eigenvalue weighted by Crippen LogP contribution is -2.24. The number of carbonyl (C=O) groups excluding carboxylic acids is 1. The van der Waals surface area contributed by atoms with E-state index in [2.05, 4.69) is 25.0 Å². The Bertz CT molecular complexity index is 758. The molecule has 6 nitrogen and oxygen atoms in total. The van der Waals surface area contributed by atoms with E-state index in [0.717, 1.165) is 0 Å². The van der Waals surface area contributed by atoms with Crippen molar-refractivity contribution in [3.8, 4) is 5.88 Å². The van der Waals surface area contributed by atoms with Gasteiger partial charge in [0.1, 0.15) is 11.5 Å². The van der Waals surface area contributed by atoms with Gasteiger partial charge in [-0.25, -0.2) is 15.0 Å². The number of ether oxygens (including phenoxy) is 1. The third-order valence-electron chi connectivity index (χ3n) is 3.11. The summed E-state index contributed by atoms with van der Waals surface area (Å²) < 4.78 is 41.1. The predicted molar refractivity (Wildman–Crippen MR) is 83.2 cm³/mol. The van der Waals surface area contributed by atoms with E-state index in [1.807, 2.05) is 0 Å². The van der Waals surface area contributed by atoms with Crippen LogP contribution in [0.3, 0.4) is 0 Å². The van der Waals surface area contributed by atoms with Crippen molar-refractivity contribution < 1.29 is 22.7 Å². The van der Waals surface area contributed by atoms with Crippen LogP contribution in [-0.2, 0) is 6.54 Å². The smallest absolute Gasteiger partial charge is 0.422 e. The Morgan fingerprint density at radius 3 is 2.52 bits per heavy atom. The molecule has 0 aliphatic heterocycles. The van der Waals surface area contributed by atoms with Crippen molar-refractivity contribution >= 4 is 5.91 Å². The summed E-state index contributed by atoms with van der Waals surface area (Å²) in [6.45, 7) is 3.80. The molecule has 2 aromatic heterocycles. The van der Waals surface area contributed by atoms with E-state index in [1.165, 1.54) is 6.20 Å². The number of aryl methyl sites for hydroxylation is 3. The van der Waals surface area contributed by atoms with Crippen LogP contribution in [0.4, 0.5) is 13.2 Å². The van der Waals surface area contributed by atoms with Crippen LogP contribution in [0.25, 0.3) is 0 Å². The lowest BCUT2D eigenvalue weighted by molar-refractivity contribution is -0.154. The van der Waals surface area contributed by atoms with Crippen LogP contribution >= 0.6 is 0 Å². The van der Waals surface area contributed by atoms with Crippen molar-refractivity contribution in [2.24, 2.45) is 0 Å². The highest BCUT2D eigenvalue weighted by molar-refractivity contribution is 5.92. The molecule has 0 aliphatic carbocycles. The second kappa shape index (κ2) is 7.45. The van der Waals surface area contributed by atoms with Gasteiger partial charge in [0.2, 0.25) is 5.88 Å². The summed E-state index contributed by atoms with van der Waals surface area (Å²) >= 11 is 0. The SMILES string of the molecule is Cc1cc(C(=O)NCc2cnc(OCC(F)(F)F)c(C)c2)nc(C)n1. The Morgan fingerprint density at radius 2 is 1.92 bits per heavy atom. The zero-order valence-electron chi connectivity index (χ0n) is 13.9. The summed E-state index contributed by atoms with van der Waals surface area (Å²) in [4.78, 5) is 24.1. The largest absolute Gasteiger partial charge is 0.468 e. The predicted octanol–water partition coefficient (Wildman–Crippen LogP) is 2.67. The van der Waals surface area contributed by atoms with E-state index in [0.29, 0.717) is 22.6 Å². The molecule has 0 radical (unpaired) electrons. The summed E-state index contributed by atoms with van der Waals surface area (Å²) in [6.07, 6.45) is -3.07. The highest BCUT2D eigenvalue weighted by Crippen LogP contribution is 2.20. The van der Waals surface area contributed by atoms with Gasteiger partial charge in [-0.3, -0.25) is 4.79 Å². The lowest BCUT2D eigenvalue weighted by atomic mass is 10.2. The van der Waals surface area contributed by atoms with Crippen LogP contribution < -0.4 is 10.1 Å². The Kier molecular flexibility index (Phi) is 5.55. The first-order chi connectivity index (χ1) is 11.6. The lowest BCUT2D eigenvalue weighted by Gasteiger charge is -2.11. The molecule has 0 saturated carbocycles. The van der Waals surface area contributed by atoms with Crippen molar-refractivity contribution in [3.63, 3.8) is 0 Å². The maximum absolute atomic E-state index is 12.2. The minimum Gasteiger partial charge on any atom is -0.468 e. The van der Waals surface area contributed by atoms with Crippen LogP contribution in [0.2, 0.25) is 0 Å². The van der Waals surface area contributed by atoms with E-state index in [-0.39, 0.29) is 24.0 Å². The number of hydrogen-bond donors (Lipinski definition) is 1. The number of nitrogens with one attached hydrogen (secondary N) is 1. The average molecular weight is 354 g/mol. The number of amides is 1. The monoisotopic (exact) mass is 354 g/mol. The van der Waals surface area contributed by atoms with E-state index >= 15 is 0 Å². The molecular weight excluding hydrogens is 337 g/mol. The van der Waals surface area contributed by atoms with Gasteiger partial charge in [-0.15, -0.1) is 0 Å². The molecule has 0 aromatic carbocycles. The van der Waals surface area contributed by atoms with Gasteiger partial charge in [0.15, 0.2) is 6.61 Å². The van der Waals surface area contributed by atoms with Gasteiger partial charge in [-0.05, 0) is 38.5 Å². The molecule has 134 valence electrons. The van der Waals surface area contributed by atoms with Crippen molar-refractivity contribution in [1.29, 1.82) is 0 Å². The van der Waals surface area contributed by atoms with Crippen LogP contribution in [-0.4, -0.2) is 33.6 Å². The number of rotatable bonds is 5. The molecule has 0 fully saturated rings. The zero-order valence-corrected chi connectivity index (χ0v) is 13.9. The summed E-state index contributed by atoms with van der Waals surface area (Å²) in [5.41, 5.74) is 2.01. The Hall–Kier alpha value is -2.71. The summed E-state index contributed by atoms with van der Waals surface area (Å²) in [7, 11) is 0. The number of halogens is 3. The number of aromatic nitrogens is 3. The van der Waals surface area contributed by atoms with Crippen molar-refractivity contribution in [3.05, 3.63) is 46.7 Å². The molecule has 0 bridgehead atoms. The molecule has 1 N–H and O–H groups in total. The third-order valence-corrected chi connectivity index (χ3v) is 3.11. The molecule has 0 aliphatic rings. The molecular formula is C16H17F3N4O2. The third kappa shape index (κ3) is 5.70. The summed E-state index contributed by atoms with van der Waals surface area (Å²) in [6, 6.07) is 3.18. The number of carbonyl (C=O) groups is 1. The number of pyridine rings is 1. The fourth-order valence-electron chi connectivity index (χ4n) is 2.12. The maximum atomic E-state index is 12.2. The average Bonchev–Trinajstić information content (AvgIpc) is 2.49. The topological polar surface area (TPSA) is 77.0 Å². The Balaban J connectivity index is 1.99. The van der Waals surface area contributed by atoms with Crippen LogP contribution in [0, 0.1) is 20.8 Å². The van der Waals surface area contributed by atoms with Crippen molar-refractivity contribution in [2.45, 2.75) is 33.5 Å². The molecule has 0 unspecified atom stereocenters. The normalized spacial score (nSPS) is 11.3. The minimum atomic E-state index is -4.42. The van der Waals surface area contributed by atoms with Crippen LogP contribution in [0.1, 0.15) is 33.1 Å². The quantitative estimate of drug-likeness (QED) is 0.893. The van der Waals surface area contributed by atoms with Gasteiger partial charge in [-0.1, -0.05) is 0 Å². The maximum Gasteiger partial charge on any atom is 0.422 e. The summed E-state index contributed by atoms with van der Waals surface area (Å²) in [5, 5.41) is 2.68. The van der Waals surface area contributed by atoms with Gasteiger partial charge >= 0.3 is 6.18 Å². The first-order valence-electron chi connectivity index (χ1n) is 7.39. The molecule has 1 amide bonds. The number of hydrogen-bond acceptors (Lipinski definition) is 5. The van der Waals surface area contributed by atoms with Gasteiger partial charge in [-0.2, -0.15) is 13.2 Å². The fraction of sp³-hybridized carbons (Fsp3) is 0.375. The number of nitrogens with zero attached hydrogens (tertiary/aromatic N) is 3. The molecule has 2 rings (SSSR count). The van der Waals surface area contributed by atoms with Crippen LogP contribution in [0.15, 0.2) is 18.3 Å². The highest BCUT2D eigenvalue weighted by atomic mass is 19.4. The molecule has 2 aromatic rings. The second-order valence-electron chi connectivity index (χ2n) is 5.49. The van der Waals surface area contributed by atoms with Gasteiger partial charge in [0.05, 0.1) is 0 Å². The first kappa shape index (κ1) is 18.6.